The molecule has 1 saturated carbocycles. The molecular weight excluding hydrogens is 382 g/mol. The molecule has 2 rings (SSSR count). The topological polar surface area (TPSA) is 21.3 Å². The Kier molecular flexibility index (Phi) is 5.94. The SMILES string of the molecule is CCOc1c(Br)cc(CNCC2(CC)CCC2)cc1Br. The summed E-state index contributed by atoms with van der Waals surface area (Å²) >= 11 is 7.17. The van der Waals surface area contributed by atoms with Crippen LogP contribution in [0.2, 0.25) is 0 Å². The third-order valence-electron chi connectivity index (χ3n) is 4.34. The number of nitrogens with one attached hydrogen (secondary N) is 1. The normalized spacial score (nSPS) is 16.8. The Morgan fingerprint density at radius 3 is 2.30 bits per heavy atom. The monoisotopic (exact) mass is 403 g/mol. The average molecular weight is 405 g/mol. The molecule has 0 saturated heterocycles. The van der Waals surface area contributed by atoms with Crippen LogP contribution in [0.3, 0.4) is 0 Å². The zero-order chi connectivity index (χ0) is 14.6. The molecule has 0 unspecified atom stereocenters. The van der Waals surface area contributed by atoms with Crippen molar-refractivity contribution in [3.8, 4) is 5.75 Å². The zero-order valence-corrected chi connectivity index (χ0v) is 15.4. The van der Waals surface area contributed by atoms with E-state index < -0.39 is 0 Å². The summed E-state index contributed by atoms with van der Waals surface area (Å²) in [5.74, 6) is 0.889. The Labute approximate surface area is 138 Å². The molecule has 1 fully saturated rings. The Balaban J connectivity index is 1.93. The molecule has 0 heterocycles. The molecule has 0 atom stereocenters. The summed E-state index contributed by atoms with van der Waals surface area (Å²) < 4.78 is 7.64. The van der Waals surface area contributed by atoms with Crippen LogP contribution in [-0.2, 0) is 6.54 Å². The fourth-order valence-corrected chi connectivity index (χ4v) is 4.31. The highest BCUT2D eigenvalue weighted by Crippen LogP contribution is 2.43. The fourth-order valence-electron chi connectivity index (χ4n) is 2.80. The maximum Gasteiger partial charge on any atom is 0.147 e. The Morgan fingerprint density at radius 1 is 1.20 bits per heavy atom. The second-order valence-electron chi connectivity index (χ2n) is 5.63. The van der Waals surface area contributed by atoms with Crippen molar-refractivity contribution in [1.29, 1.82) is 0 Å². The van der Waals surface area contributed by atoms with E-state index in [1.54, 1.807) is 0 Å². The van der Waals surface area contributed by atoms with Gasteiger partial charge in [0.15, 0.2) is 0 Å². The van der Waals surface area contributed by atoms with E-state index in [1.165, 1.54) is 31.2 Å². The van der Waals surface area contributed by atoms with Gasteiger partial charge >= 0.3 is 0 Å². The van der Waals surface area contributed by atoms with Crippen LogP contribution < -0.4 is 10.1 Å². The zero-order valence-electron chi connectivity index (χ0n) is 12.3. The highest BCUT2D eigenvalue weighted by atomic mass is 79.9. The summed E-state index contributed by atoms with van der Waals surface area (Å²) in [5, 5.41) is 3.62. The first-order valence-electron chi connectivity index (χ1n) is 7.41. The average Bonchev–Trinajstić information content (AvgIpc) is 2.37. The Bertz CT molecular complexity index is 429. The van der Waals surface area contributed by atoms with Crippen LogP contribution >= 0.6 is 31.9 Å². The van der Waals surface area contributed by atoms with Gasteiger partial charge in [-0.3, -0.25) is 0 Å². The van der Waals surface area contributed by atoms with Gasteiger partial charge in [0, 0.05) is 13.1 Å². The minimum Gasteiger partial charge on any atom is -0.492 e. The van der Waals surface area contributed by atoms with Gasteiger partial charge in [-0.15, -0.1) is 0 Å². The van der Waals surface area contributed by atoms with E-state index in [0.717, 1.165) is 27.8 Å². The third kappa shape index (κ3) is 3.77. The first-order chi connectivity index (χ1) is 9.60. The van der Waals surface area contributed by atoms with Crippen molar-refractivity contribution >= 4 is 31.9 Å². The van der Waals surface area contributed by atoms with Crippen molar-refractivity contribution in [2.75, 3.05) is 13.2 Å². The van der Waals surface area contributed by atoms with Crippen LogP contribution in [0.1, 0.15) is 45.1 Å². The lowest BCUT2D eigenvalue weighted by atomic mass is 9.67. The summed E-state index contributed by atoms with van der Waals surface area (Å²) in [6, 6.07) is 4.28. The van der Waals surface area contributed by atoms with Crippen LogP contribution in [0.25, 0.3) is 0 Å². The molecule has 0 aromatic heterocycles. The molecule has 4 heteroatoms. The molecule has 0 amide bonds. The predicted molar refractivity (Wildman–Crippen MR) is 91.3 cm³/mol. The summed E-state index contributed by atoms with van der Waals surface area (Å²) in [5.41, 5.74) is 1.84. The minimum atomic E-state index is 0.569. The van der Waals surface area contributed by atoms with Gasteiger partial charge in [0.1, 0.15) is 5.75 Å². The van der Waals surface area contributed by atoms with E-state index in [4.69, 9.17) is 4.74 Å². The van der Waals surface area contributed by atoms with Gasteiger partial charge in [0.2, 0.25) is 0 Å². The third-order valence-corrected chi connectivity index (χ3v) is 5.52. The number of ether oxygens (including phenoxy) is 1. The molecule has 112 valence electrons. The molecule has 0 radical (unpaired) electrons. The highest BCUT2D eigenvalue weighted by Gasteiger charge is 2.34. The van der Waals surface area contributed by atoms with E-state index in [9.17, 15) is 0 Å². The lowest BCUT2D eigenvalue weighted by Crippen LogP contribution is -2.39. The molecule has 0 aliphatic heterocycles. The molecule has 20 heavy (non-hydrogen) atoms. The first kappa shape index (κ1) is 16.3. The Morgan fingerprint density at radius 2 is 1.85 bits per heavy atom. The molecule has 0 spiro atoms. The smallest absolute Gasteiger partial charge is 0.147 e. The van der Waals surface area contributed by atoms with Gasteiger partial charge in [0.05, 0.1) is 15.6 Å². The molecule has 0 bridgehead atoms. The van der Waals surface area contributed by atoms with Crippen molar-refractivity contribution < 1.29 is 4.74 Å². The lowest BCUT2D eigenvalue weighted by Gasteiger charge is -2.41. The minimum absolute atomic E-state index is 0.569. The molecular formula is C16H23Br2NO. The molecule has 1 aromatic rings. The number of halogens is 2. The largest absolute Gasteiger partial charge is 0.492 e. The van der Waals surface area contributed by atoms with E-state index in [2.05, 4.69) is 56.2 Å². The van der Waals surface area contributed by atoms with Gasteiger partial charge in [-0.25, -0.2) is 0 Å². The van der Waals surface area contributed by atoms with E-state index >= 15 is 0 Å². The molecule has 1 N–H and O–H groups in total. The van der Waals surface area contributed by atoms with Crippen LogP contribution in [0.5, 0.6) is 5.75 Å². The van der Waals surface area contributed by atoms with Gasteiger partial charge < -0.3 is 10.1 Å². The summed E-state index contributed by atoms with van der Waals surface area (Å²) in [6.45, 7) is 7.02. The van der Waals surface area contributed by atoms with Crippen LogP contribution in [0.15, 0.2) is 21.1 Å². The Hall–Kier alpha value is -0.0600. The quantitative estimate of drug-likeness (QED) is 0.667. The molecule has 2 nitrogen and oxygen atoms in total. The molecule has 1 aromatic carbocycles. The summed E-state index contributed by atoms with van der Waals surface area (Å²) in [4.78, 5) is 0. The van der Waals surface area contributed by atoms with Crippen molar-refractivity contribution in [2.45, 2.75) is 46.1 Å². The van der Waals surface area contributed by atoms with E-state index in [0.29, 0.717) is 12.0 Å². The number of rotatable bonds is 7. The fraction of sp³-hybridized carbons (Fsp3) is 0.625. The molecule has 1 aliphatic carbocycles. The van der Waals surface area contributed by atoms with Crippen LogP contribution in [-0.4, -0.2) is 13.2 Å². The van der Waals surface area contributed by atoms with Gasteiger partial charge in [0.25, 0.3) is 0 Å². The second-order valence-corrected chi connectivity index (χ2v) is 7.34. The maximum atomic E-state index is 5.61. The van der Waals surface area contributed by atoms with E-state index in [1.807, 2.05) is 6.92 Å². The number of hydrogen-bond acceptors (Lipinski definition) is 2. The standard InChI is InChI=1S/C16H23Br2NO/c1-3-16(6-5-7-16)11-19-10-12-8-13(17)15(20-4-2)14(18)9-12/h8-9,19H,3-7,10-11H2,1-2H3. The van der Waals surface area contributed by atoms with Crippen LogP contribution in [0, 0.1) is 5.41 Å². The first-order valence-corrected chi connectivity index (χ1v) is 9.00. The maximum absolute atomic E-state index is 5.61. The van der Waals surface area contributed by atoms with Crippen molar-refractivity contribution in [3.63, 3.8) is 0 Å². The summed E-state index contributed by atoms with van der Waals surface area (Å²) in [7, 11) is 0. The second kappa shape index (κ2) is 7.28. The van der Waals surface area contributed by atoms with Gasteiger partial charge in [-0.05, 0) is 81.2 Å². The highest BCUT2D eigenvalue weighted by molar-refractivity contribution is 9.11. The molecule has 1 aliphatic rings. The van der Waals surface area contributed by atoms with Crippen molar-refractivity contribution in [2.24, 2.45) is 5.41 Å². The number of hydrogen-bond donors (Lipinski definition) is 1. The van der Waals surface area contributed by atoms with E-state index in [-0.39, 0.29) is 0 Å². The predicted octanol–water partition coefficient (Wildman–Crippen LogP) is 5.28. The van der Waals surface area contributed by atoms with Crippen molar-refractivity contribution in [3.05, 3.63) is 26.6 Å². The van der Waals surface area contributed by atoms with Crippen LogP contribution in [0.4, 0.5) is 0 Å². The summed E-state index contributed by atoms with van der Waals surface area (Å²) in [6.07, 6.45) is 5.45. The number of benzene rings is 1. The lowest BCUT2D eigenvalue weighted by molar-refractivity contribution is 0.124. The van der Waals surface area contributed by atoms with Crippen molar-refractivity contribution in [1.82, 2.24) is 5.32 Å². The van der Waals surface area contributed by atoms with Gasteiger partial charge in [-0.1, -0.05) is 13.3 Å². The van der Waals surface area contributed by atoms with Gasteiger partial charge in [-0.2, -0.15) is 0 Å².